The molecule has 9 aromatic carbocycles. The molecule has 0 amide bonds. The van der Waals surface area contributed by atoms with Crippen molar-refractivity contribution in [3.05, 3.63) is 213 Å². The van der Waals surface area contributed by atoms with Crippen LogP contribution in [0.4, 0.5) is 0 Å². The smallest absolute Gasteiger partial charge is 0.269 e. The molecule has 11 aromatic rings. The fraction of sp³-hybridized carbons (Fsp3) is 0. The third kappa shape index (κ3) is 4.83. The lowest BCUT2D eigenvalue weighted by atomic mass is 9.89. The molecule has 5 heteroatoms. The zero-order valence-corrected chi connectivity index (χ0v) is 32.8. The molecule has 0 fully saturated rings. The maximum atomic E-state index is 11.3. The van der Waals surface area contributed by atoms with Crippen molar-refractivity contribution in [3.8, 4) is 95.3 Å². The maximum absolute atomic E-state index is 11.3. The zero-order valence-electron chi connectivity index (χ0n) is 32.8. The van der Waals surface area contributed by atoms with Crippen LogP contribution in [0.3, 0.4) is 0 Å². The fourth-order valence-corrected chi connectivity index (χ4v) is 9.90. The Kier molecular flexibility index (Phi) is 7.10. The lowest BCUT2D eigenvalue weighted by Gasteiger charge is -2.17. The molecule has 13 rings (SSSR count). The Morgan fingerprint density at radius 1 is 0.328 bits per heavy atom. The highest BCUT2D eigenvalue weighted by Crippen LogP contribution is 2.45. The van der Waals surface area contributed by atoms with Gasteiger partial charge < -0.3 is 5.11 Å². The van der Waals surface area contributed by atoms with Crippen molar-refractivity contribution >= 4 is 22.1 Å². The number of phenolic OH excluding ortho intramolecular Hbond substituents is 1. The number of hydrogen-bond acceptors (Lipinski definition) is 1. The van der Waals surface area contributed by atoms with Gasteiger partial charge in [-0.25, -0.2) is 0 Å². The number of hydrogen-bond donors (Lipinski definition) is 1. The molecule has 0 radical (unpaired) electrons. The minimum absolute atomic E-state index is 0.187. The van der Waals surface area contributed by atoms with Gasteiger partial charge in [0, 0.05) is 0 Å². The predicted molar refractivity (Wildman–Crippen MR) is 242 cm³/mol. The summed E-state index contributed by atoms with van der Waals surface area (Å²) in [5.41, 5.74) is 21.4. The highest BCUT2D eigenvalue weighted by molar-refractivity contribution is 6.02. The van der Waals surface area contributed by atoms with Crippen molar-refractivity contribution in [2.75, 3.05) is 0 Å². The van der Waals surface area contributed by atoms with E-state index >= 15 is 0 Å². The summed E-state index contributed by atoms with van der Waals surface area (Å²) in [5, 5.41) is 11.3. The molecule has 1 N–H and O–H groups in total. The molecule has 0 unspecified atom stereocenters. The summed E-state index contributed by atoms with van der Waals surface area (Å²) in [7, 11) is 0. The summed E-state index contributed by atoms with van der Waals surface area (Å²) in [6.07, 6.45) is 7.66. The van der Waals surface area contributed by atoms with Crippen LogP contribution >= 0.6 is 0 Å². The number of para-hydroxylation sites is 5. The Morgan fingerprint density at radius 3 is 1.28 bits per heavy atom. The van der Waals surface area contributed by atoms with Crippen LogP contribution in [0.15, 0.2) is 200 Å². The molecule has 0 bridgehead atoms. The van der Waals surface area contributed by atoms with Gasteiger partial charge in [-0.05, 0) is 97.1 Å². The van der Waals surface area contributed by atoms with Gasteiger partial charge >= 0.3 is 0 Å². The fourth-order valence-electron chi connectivity index (χ4n) is 9.90. The molecule has 2 aliphatic heterocycles. The monoisotopic (exact) mass is 778 g/mol. The van der Waals surface area contributed by atoms with Gasteiger partial charge in [-0.3, -0.25) is 18.3 Å². The first-order valence-corrected chi connectivity index (χ1v) is 20.6. The first-order valence-electron chi connectivity index (χ1n) is 20.6. The van der Waals surface area contributed by atoms with Crippen LogP contribution in [0, 0.1) is 12.7 Å². The molecular formula is C56H34N4O. The van der Waals surface area contributed by atoms with E-state index in [0.29, 0.717) is 5.69 Å². The first kappa shape index (κ1) is 33.7. The number of fused-ring (bicyclic) bond motifs is 14. The van der Waals surface area contributed by atoms with Gasteiger partial charge in [-0.15, -0.1) is 0 Å². The van der Waals surface area contributed by atoms with Crippen molar-refractivity contribution < 1.29 is 14.2 Å². The van der Waals surface area contributed by atoms with E-state index in [2.05, 4.69) is 202 Å². The van der Waals surface area contributed by atoms with Crippen LogP contribution in [-0.2, 0) is 0 Å². The van der Waals surface area contributed by atoms with Crippen molar-refractivity contribution in [3.63, 3.8) is 0 Å². The molecule has 5 nitrogen and oxygen atoms in total. The van der Waals surface area contributed by atoms with Crippen LogP contribution < -0.4 is 9.13 Å². The van der Waals surface area contributed by atoms with Gasteiger partial charge in [0.05, 0.1) is 39.1 Å². The highest BCUT2D eigenvalue weighted by Gasteiger charge is 2.27. The number of nitrogens with zero attached hydrogens (tertiary/aromatic N) is 4. The van der Waals surface area contributed by atoms with E-state index in [-0.39, 0.29) is 5.75 Å². The number of aromatic nitrogens is 4. The average Bonchev–Trinajstić information content (AvgIpc) is 3.92. The SMILES string of the molecule is Oc1ccccc1-n1[c-][n+]2c3c(cccc31)-c1ccccc1-c1ccccc1-c1ccc(-n3[c-][n+]4c5c(cccc53)-c3ccccc3-c3ccccc3-c3ccccc3-4)cc1-2. The van der Waals surface area contributed by atoms with Gasteiger partial charge in [-0.2, -0.15) is 0 Å². The predicted octanol–water partition coefficient (Wildman–Crippen LogP) is 12.1. The van der Waals surface area contributed by atoms with Crippen LogP contribution in [0.1, 0.15) is 0 Å². The minimum Gasteiger partial charge on any atom is -0.511 e. The summed E-state index contributed by atoms with van der Waals surface area (Å²) in [6, 6.07) is 70.8. The van der Waals surface area contributed by atoms with Crippen molar-refractivity contribution in [2.45, 2.75) is 0 Å². The number of rotatable bonds is 2. The van der Waals surface area contributed by atoms with Gasteiger partial charge in [0.25, 0.3) is 12.7 Å². The Hall–Kier alpha value is -8.28. The quantitative estimate of drug-likeness (QED) is 0.138. The third-order valence-corrected chi connectivity index (χ3v) is 12.6. The maximum Gasteiger partial charge on any atom is 0.269 e. The van der Waals surface area contributed by atoms with E-state index in [1.165, 1.54) is 22.3 Å². The molecule has 61 heavy (non-hydrogen) atoms. The van der Waals surface area contributed by atoms with E-state index < -0.39 is 0 Å². The van der Waals surface area contributed by atoms with Gasteiger partial charge in [0.1, 0.15) is 11.4 Å². The van der Waals surface area contributed by atoms with Gasteiger partial charge in [-0.1, -0.05) is 170 Å². The van der Waals surface area contributed by atoms with Crippen molar-refractivity contribution in [2.24, 2.45) is 0 Å². The molecule has 0 spiro atoms. The van der Waals surface area contributed by atoms with E-state index in [4.69, 9.17) is 0 Å². The molecule has 284 valence electrons. The lowest BCUT2D eigenvalue weighted by molar-refractivity contribution is -0.571. The van der Waals surface area contributed by atoms with Crippen LogP contribution in [0.25, 0.3) is 112 Å². The Labute approximate surface area is 352 Å². The summed E-state index contributed by atoms with van der Waals surface area (Å²) in [6.45, 7) is 0. The lowest BCUT2D eigenvalue weighted by Crippen LogP contribution is -2.31. The number of benzene rings is 9. The number of phenols is 1. The second-order valence-electron chi connectivity index (χ2n) is 15.8. The van der Waals surface area contributed by atoms with Gasteiger partial charge in [0.2, 0.25) is 0 Å². The summed E-state index contributed by atoms with van der Waals surface area (Å²) < 4.78 is 8.65. The van der Waals surface area contributed by atoms with E-state index in [0.717, 1.165) is 83.6 Å². The molecule has 2 aliphatic rings. The van der Waals surface area contributed by atoms with E-state index in [9.17, 15) is 5.11 Å². The normalized spacial score (nSPS) is 12.0. The molecule has 0 aliphatic carbocycles. The Bertz CT molecular complexity index is 3630. The molecular weight excluding hydrogens is 745 g/mol. The van der Waals surface area contributed by atoms with Crippen molar-refractivity contribution in [1.29, 1.82) is 0 Å². The standard InChI is InChI=1S/C56H34N4O/c61-54-30-12-11-27-50(54)58-35-60-53-33-36(31-32-46(53)42-20-6-2-16-38(42)40-18-4-8-22-44(40)48-25-14-29-52(58)56(48)60)57-34-59-49-26-10-9-23-45(49)41-19-5-1-15-37(41)39-17-3-7-21-43(39)47-24-13-28-51(57)55(47)59/h1-33,61H. The minimum atomic E-state index is 0.187. The van der Waals surface area contributed by atoms with Crippen molar-refractivity contribution in [1.82, 2.24) is 9.13 Å². The van der Waals surface area contributed by atoms with Crippen LogP contribution in [0.2, 0.25) is 0 Å². The molecule has 0 saturated carbocycles. The summed E-state index contributed by atoms with van der Waals surface area (Å²) in [5.74, 6) is 0.187. The number of aromatic hydroxyl groups is 1. The Balaban J connectivity index is 1.14. The summed E-state index contributed by atoms with van der Waals surface area (Å²) >= 11 is 0. The molecule has 0 atom stereocenters. The second-order valence-corrected chi connectivity index (χ2v) is 15.8. The van der Waals surface area contributed by atoms with Crippen LogP contribution in [0.5, 0.6) is 5.75 Å². The van der Waals surface area contributed by atoms with Gasteiger partial charge in [0.15, 0.2) is 0 Å². The summed E-state index contributed by atoms with van der Waals surface area (Å²) in [4.78, 5) is 0. The largest absolute Gasteiger partial charge is 0.511 e. The molecule has 0 saturated heterocycles. The van der Waals surface area contributed by atoms with E-state index in [1.807, 2.05) is 22.8 Å². The Morgan fingerprint density at radius 2 is 0.721 bits per heavy atom. The van der Waals surface area contributed by atoms with Crippen LogP contribution in [-0.4, -0.2) is 14.2 Å². The molecule has 4 heterocycles. The second kappa shape index (κ2) is 12.9. The highest BCUT2D eigenvalue weighted by atomic mass is 16.3. The number of imidazole rings is 2. The third-order valence-electron chi connectivity index (χ3n) is 12.6. The average molecular weight is 779 g/mol. The molecule has 2 aromatic heterocycles. The van der Waals surface area contributed by atoms with E-state index in [1.54, 1.807) is 6.07 Å². The first-order chi connectivity index (χ1) is 30.2. The zero-order chi connectivity index (χ0) is 40.2. The topological polar surface area (TPSA) is 37.9 Å².